The zero-order valence-electron chi connectivity index (χ0n) is 10.1. The normalized spacial score (nSPS) is 25.2. The number of ether oxygens (including phenoxy) is 1. The number of hydrogen-bond donors (Lipinski definition) is 2. The van der Waals surface area contributed by atoms with E-state index >= 15 is 0 Å². The molecule has 92 valence electrons. The van der Waals surface area contributed by atoms with Gasteiger partial charge in [0.1, 0.15) is 5.60 Å². The molecule has 5 heteroatoms. The van der Waals surface area contributed by atoms with Crippen molar-refractivity contribution in [3.63, 3.8) is 0 Å². The lowest BCUT2D eigenvalue weighted by Crippen LogP contribution is -2.38. The van der Waals surface area contributed by atoms with E-state index in [0.717, 1.165) is 12.8 Å². The molecule has 0 aromatic heterocycles. The Morgan fingerprint density at radius 3 is 2.38 bits per heavy atom. The van der Waals surface area contributed by atoms with E-state index in [9.17, 15) is 9.59 Å². The molecule has 0 radical (unpaired) electrons. The van der Waals surface area contributed by atoms with Crippen LogP contribution in [0.1, 0.15) is 40.0 Å². The third-order valence-corrected chi connectivity index (χ3v) is 2.56. The van der Waals surface area contributed by atoms with Gasteiger partial charge in [-0.1, -0.05) is 0 Å². The Morgan fingerprint density at radius 2 is 1.94 bits per heavy atom. The summed E-state index contributed by atoms with van der Waals surface area (Å²) in [5, 5.41) is 2.75. The van der Waals surface area contributed by atoms with Gasteiger partial charge >= 0.3 is 6.09 Å². The van der Waals surface area contributed by atoms with Crippen LogP contribution in [0.2, 0.25) is 0 Å². The molecule has 3 N–H and O–H groups in total. The smallest absolute Gasteiger partial charge is 0.407 e. The minimum absolute atomic E-state index is 0.00681. The summed E-state index contributed by atoms with van der Waals surface area (Å²) >= 11 is 0. The maximum atomic E-state index is 11.4. The summed E-state index contributed by atoms with van der Waals surface area (Å²) in [6.45, 7) is 5.44. The van der Waals surface area contributed by atoms with Crippen molar-refractivity contribution in [3.8, 4) is 0 Å². The van der Waals surface area contributed by atoms with Gasteiger partial charge in [-0.3, -0.25) is 4.79 Å². The molecule has 0 aromatic carbocycles. The summed E-state index contributed by atoms with van der Waals surface area (Å²) in [7, 11) is 0. The lowest BCUT2D eigenvalue weighted by molar-refractivity contribution is -0.121. The topological polar surface area (TPSA) is 81.4 Å². The molecule has 0 aromatic rings. The Balaban J connectivity index is 2.34. The van der Waals surface area contributed by atoms with Crippen molar-refractivity contribution in [3.05, 3.63) is 0 Å². The molecule has 1 fully saturated rings. The largest absolute Gasteiger partial charge is 0.444 e. The summed E-state index contributed by atoms with van der Waals surface area (Å²) in [5.41, 5.74) is 4.72. The maximum absolute atomic E-state index is 11.4. The SMILES string of the molecule is CC(C)(C)OC(=O)NC1CC[C@@H](C(N)=O)C1. The van der Waals surface area contributed by atoms with Gasteiger partial charge in [-0.15, -0.1) is 0 Å². The Bertz CT molecular complexity index is 283. The number of primary amides is 1. The second kappa shape index (κ2) is 4.72. The van der Waals surface area contributed by atoms with E-state index in [0.29, 0.717) is 6.42 Å². The fourth-order valence-corrected chi connectivity index (χ4v) is 1.85. The Hall–Kier alpha value is -1.26. The Kier molecular flexibility index (Phi) is 3.78. The van der Waals surface area contributed by atoms with Gasteiger partial charge in [0.05, 0.1) is 0 Å². The summed E-state index contributed by atoms with van der Waals surface area (Å²) in [5.74, 6) is -0.395. The number of nitrogens with one attached hydrogen (secondary N) is 1. The van der Waals surface area contributed by atoms with Crippen molar-refractivity contribution >= 4 is 12.0 Å². The molecule has 2 amide bonds. The van der Waals surface area contributed by atoms with Crippen LogP contribution in [0.5, 0.6) is 0 Å². The lowest BCUT2D eigenvalue weighted by Gasteiger charge is -2.21. The predicted molar refractivity (Wildman–Crippen MR) is 59.7 cm³/mol. The molecule has 1 saturated carbocycles. The number of alkyl carbamates (subject to hydrolysis) is 1. The molecule has 1 aliphatic rings. The molecule has 1 aliphatic carbocycles. The van der Waals surface area contributed by atoms with Crippen LogP contribution in [-0.2, 0) is 9.53 Å². The first-order valence-electron chi connectivity index (χ1n) is 5.57. The number of hydrogen-bond acceptors (Lipinski definition) is 3. The summed E-state index contributed by atoms with van der Waals surface area (Å²) in [6, 6.07) is 0.00681. The molecular weight excluding hydrogens is 208 g/mol. The monoisotopic (exact) mass is 228 g/mol. The van der Waals surface area contributed by atoms with Crippen LogP contribution in [0.4, 0.5) is 4.79 Å². The highest BCUT2D eigenvalue weighted by molar-refractivity contribution is 5.77. The van der Waals surface area contributed by atoms with Gasteiger partial charge in [-0.05, 0) is 40.0 Å². The van der Waals surface area contributed by atoms with E-state index in [1.54, 1.807) is 0 Å². The van der Waals surface area contributed by atoms with Crippen LogP contribution in [0, 0.1) is 5.92 Å². The fraction of sp³-hybridized carbons (Fsp3) is 0.818. The lowest BCUT2D eigenvalue weighted by atomic mass is 10.1. The van der Waals surface area contributed by atoms with E-state index < -0.39 is 11.7 Å². The van der Waals surface area contributed by atoms with E-state index in [4.69, 9.17) is 10.5 Å². The maximum Gasteiger partial charge on any atom is 0.407 e. The average molecular weight is 228 g/mol. The summed E-state index contributed by atoms with van der Waals surface area (Å²) in [4.78, 5) is 22.4. The first-order valence-corrected chi connectivity index (χ1v) is 5.57. The van der Waals surface area contributed by atoms with E-state index in [2.05, 4.69) is 5.32 Å². The highest BCUT2D eigenvalue weighted by Gasteiger charge is 2.30. The Morgan fingerprint density at radius 1 is 1.31 bits per heavy atom. The van der Waals surface area contributed by atoms with Gasteiger partial charge in [0.2, 0.25) is 5.91 Å². The second-order valence-corrected chi connectivity index (χ2v) is 5.26. The average Bonchev–Trinajstić information content (AvgIpc) is 2.48. The number of carbonyl (C=O) groups is 2. The predicted octanol–water partition coefficient (Wildman–Crippen LogP) is 1.17. The molecule has 1 rings (SSSR count). The first kappa shape index (κ1) is 12.8. The quantitative estimate of drug-likeness (QED) is 0.744. The van der Waals surface area contributed by atoms with Crippen LogP contribution in [-0.4, -0.2) is 23.6 Å². The first-order chi connectivity index (χ1) is 7.28. The Labute approximate surface area is 95.7 Å². The zero-order valence-corrected chi connectivity index (χ0v) is 10.1. The van der Waals surface area contributed by atoms with Gasteiger partial charge in [0.25, 0.3) is 0 Å². The van der Waals surface area contributed by atoms with Crippen molar-refractivity contribution in [2.45, 2.75) is 51.7 Å². The molecular formula is C11H20N2O3. The van der Waals surface area contributed by atoms with Gasteiger partial charge in [0.15, 0.2) is 0 Å². The molecule has 16 heavy (non-hydrogen) atoms. The van der Waals surface area contributed by atoms with Gasteiger partial charge in [-0.2, -0.15) is 0 Å². The molecule has 5 nitrogen and oxygen atoms in total. The van der Waals surface area contributed by atoms with Gasteiger partial charge < -0.3 is 15.8 Å². The molecule has 1 unspecified atom stereocenters. The van der Waals surface area contributed by atoms with Crippen LogP contribution in [0.3, 0.4) is 0 Å². The third kappa shape index (κ3) is 4.08. The second-order valence-electron chi connectivity index (χ2n) is 5.26. The minimum atomic E-state index is -0.494. The highest BCUT2D eigenvalue weighted by atomic mass is 16.6. The molecule has 0 spiro atoms. The van der Waals surface area contributed by atoms with E-state index in [1.807, 2.05) is 20.8 Å². The third-order valence-electron chi connectivity index (χ3n) is 2.56. The molecule has 0 saturated heterocycles. The van der Waals surface area contributed by atoms with E-state index in [-0.39, 0.29) is 17.9 Å². The zero-order chi connectivity index (χ0) is 12.3. The molecule has 0 heterocycles. The molecule has 2 atom stereocenters. The number of amides is 2. The number of rotatable bonds is 2. The van der Waals surface area contributed by atoms with Crippen LogP contribution in [0.25, 0.3) is 0 Å². The van der Waals surface area contributed by atoms with Gasteiger partial charge in [-0.25, -0.2) is 4.79 Å². The number of nitrogens with two attached hydrogens (primary N) is 1. The van der Waals surface area contributed by atoms with Crippen molar-refractivity contribution in [1.82, 2.24) is 5.32 Å². The minimum Gasteiger partial charge on any atom is -0.444 e. The standard InChI is InChI=1S/C11H20N2O3/c1-11(2,3)16-10(15)13-8-5-4-7(6-8)9(12)14/h7-8H,4-6H2,1-3H3,(H2,12,14)(H,13,15)/t7-,8?/m1/s1. The van der Waals surface area contributed by atoms with Gasteiger partial charge in [0, 0.05) is 12.0 Å². The molecule has 0 aliphatic heterocycles. The number of carbonyl (C=O) groups excluding carboxylic acids is 2. The summed E-state index contributed by atoms with van der Waals surface area (Å²) < 4.78 is 5.13. The highest BCUT2D eigenvalue weighted by Crippen LogP contribution is 2.25. The summed E-state index contributed by atoms with van der Waals surface area (Å²) in [6.07, 6.45) is 1.72. The van der Waals surface area contributed by atoms with Crippen molar-refractivity contribution in [2.75, 3.05) is 0 Å². The van der Waals surface area contributed by atoms with E-state index in [1.165, 1.54) is 0 Å². The van der Waals surface area contributed by atoms with Crippen molar-refractivity contribution in [1.29, 1.82) is 0 Å². The van der Waals surface area contributed by atoms with Crippen molar-refractivity contribution < 1.29 is 14.3 Å². The van der Waals surface area contributed by atoms with Crippen LogP contribution < -0.4 is 11.1 Å². The fourth-order valence-electron chi connectivity index (χ4n) is 1.85. The van der Waals surface area contributed by atoms with Crippen LogP contribution in [0.15, 0.2) is 0 Å². The van der Waals surface area contributed by atoms with Crippen LogP contribution >= 0.6 is 0 Å². The van der Waals surface area contributed by atoms with Crippen molar-refractivity contribution in [2.24, 2.45) is 11.7 Å². The molecule has 0 bridgehead atoms.